The van der Waals surface area contributed by atoms with Gasteiger partial charge in [0.05, 0.1) is 15.6 Å². The first-order valence-corrected chi connectivity index (χ1v) is 7.78. The van der Waals surface area contributed by atoms with Crippen molar-refractivity contribution in [3.63, 3.8) is 0 Å². The van der Waals surface area contributed by atoms with Gasteiger partial charge in [-0.3, -0.25) is 4.98 Å². The molecule has 0 unspecified atom stereocenters. The number of hydrogen-bond donors (Lipinski definition) is 1. The SMILES string of the molecule is Nc1sc2c(c1-c1nc(-c3ncccc3Cl)no1)CCC2. The minimum Gasteiger partial charge on any atom is -0.390 e. The van der Waals surface area contributed by atoms with Crippen molar-refractivity contribution in [1.82, 2.24) is 15.1 Å². The lowest BCUT2D eigenvalue weighted by atomic mass is 10.1. The molecule has 0 saturated heterocycles. The van der Waals surface area contributed by atoms with Crippen LogP contribution >= 0.6 is 22.9 Å². The number of rotatable bonds is 2. The third-order valence-corrected chi connectivity index (χ3v) is 4.98. The van der Waals surface area contributed by atoms with Gasteiger partial charge in [0, 0.05) is 11.1 Å². The highest BCUT2D eigenvalue weighted by molar-refractivity contribution is 7.16. The van der Waals surface area contributed by atoms with Gasteiger partial charge in [0.1, 0.15) is 5.69 Å². The van der Waals surface area contributed by atoms with Gasteiger partial charge in [-0.1, -0.05) is 16.8 Å². The Balaban J connectivity index is 1.81. The largest absolute Gasteiger partial charge is 0.390 e. The number of pyridine rings is 1. The first-order chi connectivity index (χ1) is 10.2. The van der Waals surface area contributed by atoms with Crippen LogP contribution in [0.5, 0.6) is 0 Å². The van der Waals surface area contributed by atoms with E-state index in [0.29, 0.717) is 22.4 Å². The van der Waals surface area contributed by atoms with Gasteiger partial charge in [0.25, 0.3) is 5.89 Å². The summed E-state index contributed by atoms with van der Waals surface area (Å²) in [5.74, 6) is 0.830. The van der Waals surface area contributed by atoms with Gasteiger partial charge < -0.3 is 10.3 Å². The summed E-state index contributed by atoms with van der Waals surface area (Å²) in [4.78, 5) is 9.95. The van der Waals surface area contributed by atoms with E-state index in [1.165, 1.54) is 10.4 Å². The lowest BCUT2D eigenvalue weighted by Gasteiger charge is -1.97. The lowest BCUT2D eigenvalue weighted by molar-refractivity contribution is 0.432. The molecule has 0 radical (unpaired) electrons. The van der Waals surface area contributed by atoms with Gasteiger partial charge in [-0.25, -0.2) is 0 Å². The van der Waals surface area contributed by atoms with E-state index < -0.39 is 0 Å². The van der Waals surface area contributed by atoms with Crippen LogP contribution < -0.4 is 5.73 Å². The van der Waals surface area contributed by atoms with Gasteiger partial charge >= 0.3 is 0 Å². The van der Waals surface area contributed by atoms with Crippen LogP contribution in [0.3, 0.4) is 0 Å². The predicted octanol–water partition coefficient (Wildman–Crippen LogP) is 3.58. The molecule has 0 saturated carbocycles. The number of aryl methyl sites for hydroxylation is 1. The van der Waals surface area contributed by atoms with E-state index >= 15 is 0 Å². The number of aromatic nitrogens is 3. The molecule has 106 valence electrons. The minimum absolute atomic E-state index is 0.382. The molecular formula is C14H11ClN4OS. The second-order valence-corrected chi connectivity index (χ2v) is 6.40. The zero-order chi connectivity index (χ0) is 14.4. The van der Waals surface area contributed by atoms with Crippen molar-refractivity contribution in [1.29, 1.82) is 0 Å². The van der Waals surface area contributed by atoms with Crippen LogP contribution in [0.4, 0.5) is 5.00 Å². The summed E-state index contributed by atoms with van der Waals surface area (Å²) in [6, 6.07) is 3.51. The predicted molar refractivity (Wildman–Crippen MR) is 82.3 cm³/mol. The molecule has 7 heteroatoms. The van der Waals surface area contributed by atoms with Crippen LogP contribution in [0.2, 0.25) is 5.02 Å². The zero-order valence-electron chi connectivity index (χ0n) is 11.0. The molecule has 3 heterocycles. The van der Waals surface area contributed by atoms with Crippen LogP contribution in [-0.4, -0.2) is 15.1 Å². The molecular weight excluding hydrogens is 308 g/mol. The number of hydrogen-bond acceptors (Lipinski definition) is 6. The summed E-state index contributed by atoms with van der Waals surface area (Å²) in [6.07, 6.45) is 4.90. The van der Waals surface area contributed by atoms with Crippen molar-refractivity contribution in [2.24, 2.45) is 0 Å². The Morgan fingerprint density at radius 3 is 3.10 bits per heavy atom. The maximum atomic E-state index is 6.11. The van der Waals surface area contributed by atoms with Crippen molar-refractivity contribution >= 4 is 27.9 Å². The summed E-state index contributed by atoms with van der Waals surface area (Å²) >= 11 is 7.73. The molecule has 0 aliphatic heterocycles. The van der Waals surface area contributed by atoms with E-state index in [0.717, 1.165) is 29.8 Å². The Morgan fingerprint density at radius 1 is 1.33 bits per heavy atom. The van der Waals surface area contributed by atoms with Gasteiger partial charge in [-0.2, -0.15) is 4.98 Å². The number of fused-ring (bicyclic) bond motifs is 1. The van der Waals surface area contributed by atoms with Gasteiger partial charge in [-0.15, -0.1) is 11.3 Å². The van der Waals surface area contributed by atoms with E-state index in [4.69, 9.17) is 21.9 Å². The Hall–Kier alpha value is -1.92. The average molecular weight is 319 g/mol. The molecule has 0 spiro atoms. The Morgan fingerprint density at radius 2 is 2.24 bits per heavy atom. The Bertz CT molecular complexity index is 826. The Kier molecular flexibility index (Phi) is 2.94. The topological polar surface area (TPSA) is 77.8 Å². The number of nitrogens with zero attached hydrogens (tertiary/aromatic N) is 3. The highest BCUT2D eigenvalue weighted by atomic mass is 35.5. The minimum atomic E-state index is 0.382. The molecule has 0 bridgehead atoms. The second-order valence-electron chi connectivity index (χ2n) is 4.85. The van der Waals surface area contributed by atoms with E-state index in [1.807, 2.05) is 0 Å². The van der Waals surface area contributed by atoms with Gasteiger partial charge in [-0.05, 0) is 37.0 Å². The van der Waals surface area contributed by atoms with Crippen LogP contribution in [0.25, 0.3) is 23.0 Å². The summed E-state index contributed by atoms with van der Waals surface area (Å²) in [5.41, 5.74) is 8.76. The van der Waals surface area contributed by atoms with Crippen LogP contribution in [0.15, 0.2) is 22.9 Å². The molecule has 3 aromatic heterocycles. The Labute approximate surface area is 129 Å². The molecule has 0 amide bonds. The molecule has 4 rings (SSSR count). The number of anilines is 1. The van der Waals surface area contributed by atoms with Crippen LogP contribution in [-0.2, 0) is 12.8 Å². The molecule has 2 N–H and O–H groups in total. The highest BCUT2D eigenvalue weighted by Crippen LogP contribution is 2.43. The van der Waals surface area contributed by atoms with Crippen LogP contribution in [0.1, 0.15) is 16.9 Å². The quantitative estimate of drug-likeness (QED) is 0.781. The van der Waals surface area contributed by atoms with Crippen molar-refractivity contribution in [2.45, 2.75) is 19.3 Å². The van der Waals surface area contributed by atoms with Crippen molar-refractivity contribution in [2.75, 3.05) is 5.73 Å². The normalized spacial score (nSPS) is 13.6. The number of nitrogens with two attached hydrogens (primary N) is 1. The molecule has 0 atom stereocenters. The molecule has 0 fully saturated rings. The smallest absolute Gasteiger partial charge is 0.261 e. The van der Waals surface area contributed by atoms with E-state index in [1.54, 1.807) is 29.7 Å². The van der Waals surface area contributed by atoms with Gasteiger partial charge in [0.2, 0.25) is 5.82 Å². The van der Waals surface area contributed by atoms with E-state index in [9.17, 15) is 0 Å². The first kappa shape index (κ1) is 12.8. The maximum absolute atomic E-state index is 6.11. The third kappa shape index (κ3) is 2.02. The van der Waals surface area contributed by atoms with Crippen molar-refractivity contribution in [3.05, 3.63) is 33.8 Å². The number of halogens is 1. The first-order valence-electron chi connectivity index (χ1n) is 6.59. The highest BCUT2D eigenvalue weighted by Gasteiger charge is 2.26. The molecule has 1 aliphatic carbocycles. The maximum Gasteiger partial charge on any atom is 0.261 e. The number of nitrogen functional groups attached to an aromatic ring is 1. The second kappa shape index (κ2) is 4.82. The monoisotopic (exact) mass is 318 g/mol. The molecule has 5 nitrogen and oxygen atoms in total. The molecule has 3 aromatic rings. The summed E-state index contributed by atoms with van der Waals surface area (Å²) < 4.78 is 5.39. The summed E-state index contributed by atoms with van der Waals surface area (Å²) in [7, 11) is 0. The fraction of sp³-hybridized carbons (Fsp3) is 0.214. The fourth-order valence-corrected chi connectivity index (χ4v) is 3.99. The fourth-order valence-electron chi connectivity index (χ4n) is 2.63. The standard InChI is InChI=1S/C14H11ClN4OS/c15-8-4-2-6-17-11(8)13-18-14(20-19-13)10-7-3-1-5-9(7)21-12(10)16/h2,4,6H,1,3,5,16H2. The van der Waals surface area contributed by atoms with E-state index in [-0.39, 0.29) is 0 Å². The van der Waals surface area contributed by atoms with Crippen molar-refractivity contribution in [3.8, 4) is 23.0 Å². The lowest BCUT2D eigenvalue weighted by Crippen LogP contribution is -1.89. The molecule has 1 aliphatic rings. The third-order valence-electron chi connectivity index (χ3n) is 3.56. The zero-order valence-corrected chi connectivity index (χ0v) is 12.5. The van der Waals surface area contributed by atoms with Crippen molar-refractivity contribution < 1.29 is 4.52 Å². The van der Waals surface area contributed by atoms with Gasteiger partial charge in [0.15, 0.2) is 0 Å². The molecule has 0 aromatic carbocycles. The number of thiophene rings is 1. The van der Waals surface area contributed by atoms with Crippen LogP contribution in [0, 0.1) is 0 Å². The summed E-state index contributed by atoms with van der Waals surface area (Å²) in [6.45, 7) is 0. The average Bonchev–Trinajstić information content (AvgIpc) is 3.15. The molecule has 21 heavy (non-hydrogen) atoms. The summed E-state index contributed by atoms with van der Waals surface area (Å²) in [5, 5.41) is 5.22. The van der Waals surface area contributed by atoms with E-state index in [2.05, 4.69) is 15.1 Å².